The summed E-state index contributed by atoms with van der Waals surface area (Å²) in [7, 11) is 0. The highest BCUT2D eigenvalue weighted by Crippen LogP contribution is 2.40. The van der Waals surface area contributed by atoms with Gasteiger partial charge in [0, 0.05) is 24.7 Å². The van der Waals surface area contributed by atoms with Crippen LogP contribution in [0.15, 0.2) is 24.3 Å². The molecule has 2 saturated heterocycles. The second-order valence-electron chi connectivity index (χ2n) is 4.13. The van der Waals surface area contributed by atoms with Gasteiger partial charge in [0.2, 0.25) is 0 Å². The molecule has 0 saturated carbocycles. The molecule has 0 radical (unpaired) electrons. The summed E-state index contributed by atoms with van der Waals surface area (Å²) in [5, 5.41) is 18.7. The largest absolute Gasteiger partial charge is 0.478 e. The molecule has 0 aliphatic carbocycles. The molecule has 1 aromatic carbocycles. The molecule has 2 fully saturated rings. The number of alkyl halides is 1. The van der Waals surface area contributed by atoms with E-state index in [9.17, 15) is 14.9 Å². The molecular formula is C11H11ClN2O4. The molecular weight excluding hydrogens is 260 g/mol. The minimum Gasteiger partial charge on any atom is -0.478 e. The lowest BCUT2D eigenvalue weighted by Gasteiger charge is -2.18. The number of carboxylic acids is 1. The van der Waals surface area contributed by atoms with E-state index in [1.165, 1.54) is 31.2 Å². The van der Waals surface area contributed by atoms with Crippen LogP contribution in [0.3, 0.4) is 0 Å². The Morgan fingerprint density at radius 2 is 2.28 bits per heavy atom. The molecule has 1 N–H and O–H groups in total. The zero-order valence-corrected chi connectivity index (χ0v) is 10.1. The van der Waals surface area contributed by atoms with Crippen molar-refractivity contribution in [2.24, 2.45) is 0 Å². The monoisotopic (exact) mass is 270 g/mol. The number of hydrogen-bond acceptors (Lipinski definition) is 4. The van der Waals surface area contributed by atoms with Gasteiger partial charge in [-0.25, -0.2) is 4.79 Å². The maximum absolute atomic E-state index is 10.4. The van der Waals surface area contributed by atoms with Crippen molar-refractivity contribution in [1.82, 2.24) is 4.90 Å². The van der Waals surface area contributed by atoms with Crippen molar-refractivity contribution in [3.8, 4) is 0 Å². The molecule has 2 aliphatic rings. The quantitative estimate of drug-likeness (QED) is 0.292. The predicted molar refractivity (Wildman–Crippen MR) is 64.8 cm³/mol. The summed E-state index contributed by atoms with van der Waals surface area (Å²) in [4.78, 5) is 22.2. The van der Waals surface area contributed by atoms with Gasteiger partial charge in [0.25, 0.3) is 5.69 Å². The molecule has 1 aromatic rings. The first kappa shape index (κ1) is 12.8. The minimum atomic E-state index is -1.17. The molecule has 18 heavy (non-hydrogen) atoms. The molecule has 3 rings (SSSR count). The van der Waals surface area contributed by atoms with E-state index in [1.807, 2.05) is 0 Å². The molecule has 0 aromatic heterocycles. The van der Waals surface area contributed by atoms with Crippen LogP contribution in [-0.4, -0.2) is 39.0 Å². The summed E-state index contributed by atoms with van der Waals surface area (Å²) in [5.74, 6) is -1.17. The summed E-state index contributed by atoms with van der Waals surface area (Å²) in [6, 6.07) is 5.80. The van der Waals surface area contributed by atoms with E-state index in [0.717, 1.165) is 12.1 Å². The van der Waals surface area contributed by atoms with E-state index in [-0.39, 0.29) is 11.3 Å². The molecule has 0 bridgehead atoms. The highest BCUT2D eigenvalue weighted by molar-refractivity contribution is 6.21. The summed E-state index contributed by atoms with van der Waals surface area (Å²) in [5.41, 5.74) is 0.120. The topological polar surface area (TPSA) is 83.5 Å². The Balaban J connectivity index is 0.000000164. The van der Waals surface area contributed by atoms with Crippen LogP contribution in [0.25, 0.3) is 0 Å². The first-order chi connectivity index (χ1) is 8.49. The van der Waals surface area contributed by atoms with Gasteiger partial charge in [0.1, 0.15) is 0 Å². The van der Waals surface area contributed by atoms with E-state index in [2.05, 4.69) is 4.90 Å². The number of carboxylic acid groups (broad SMARTS) is 1. The third-order valence-corrected chi connectivity index (χ3v) is 3.32. The number of non-ortho nitro benzene ring substituents is 1. The highest BCUT2D eigenvalue weighted by Gasteiger charge is 2.49. The minimum absolute atomic E-state index is 0.0794. The lowest BCUT2D eigenvalue weighted by molar-refractivity contribution is -0.384. The Kier molecular flexibility index (Phi) is 3.49. The van der Waals surface area contributed by atoms with Crippen LogP contribution in [0.4, 0.5) is 5.69 Å². The van der Waals surface area contributed by atoms with E-state index in [0.29, 0.717) is 5.50 Å². The van der Waals surface area contributed by atoms with Gasteiger partial charge < -0.3 is 5.11 Å². The lowest BCUT2D eigenvalue weighted by atomic mass is 10.2. The molecule has 2 heterocycles. The van der Waals surface area contributed by atoms with Crippen molar-refractivity contribution >= 4 is 23.3 Å². The van der Waals surface area contributed by atoms with Crippen molar-refractivity contribution in [3.63, 3.8) is 0 Å². The summed E-state index contributed by atoms with van der Waals surface area (Å²) in [6.45, 7) is 1.27. The summed E-state index contributed by atoms with van der Waals surface area (Å²) >= 11 is 5.67. The van der Waals surface area contributed by atoms with E-state index < -0.39 is 10.9 Å². The molecule has 3 unspecified atom stereocenters. The van der Waals surface area contributed by atoms with Gasteiger partial charge in [-0.3, -0.25) is 15.0 Å². The van der Waals surface area contributed by atoms with Gasteiger partial charge in [-0.1, -0.05) is 6.07 Å². The fourth-order valence-electron chi connectivity index (χ4n) is 1.72. The number of nitro benzene ring substituents is 1. The van der Waals surface area contributed by atoms with Crippen molar-refractivity contribution in [2.45, 2.75) is 18.0 Å². The first-order valence-corrected chi connectivity index (χ1v) is 5.80. The van der Waals surface area contributed by atoms with Crippen molar-refractivity contribution in [3.05, 3.63) is 39.9 Å². The number of aromatic carboxylic acids is 1. The molecule has 7 heteroatoms. The predicted octanol–water partition coefficient (Wildman–Crippen LogP) is 1.93. The summed E-state index contributed by atoms with van der Waals surface area (Å²) in [6.07, 6.45) is 1.24. The number of carbonyl (C=O) groups is 1. The van der Waals surface area contributed by atoms with E-state index in [1.54, 1.807) is 0 Å². The zero-order chi connectivity index (χ0) is 13.3. The third kappa shape index (κ3) is 2.77. The van der Waals surface area contributed by atoms with Gasteiger partial charge in [0.05, 0.1) is 16.0 Å². The van der Waals surface area contributed by atoms with Crippen LogP contribution in [0.2, 0.25) is 0 Å². The number of nitro groups is 1. The van der Waals surface area contributed by atoms with Crippen LogP contribution >= 0.6 is 11.6 Å². The van der Waals surface area contributed by atoms with Crippen molar-refractivity contribution in [2.75, 3.05) is 6.54 Å². The van der Waals surface area contributed by atoms with Gasteiger partial charge in [0.15, 0.2) is 0 Å². The maximum Gasteiger partial charge on any atom is 0.335 e. The van der Waals surface area contributed by atoms with Crippen molar-refractivity contribution in [1.29, 1.82) is 0 Å². The molecule has 2 aliphatic heterocycles. The highest BCUT2D eigenvalue weighted by atomic mass is 35.5. The van der Waals surface area contributed by atoms with Gasteiger partial charge in [-0.2, -0.15) is 0 Å². The number of hydrogen-bond donors (Lipinski definition) is 1. The maximum atomic E-state index is 10.4. The third-order valence-electron chi connectivity index (χ3n) is 2.89. The Hall–Kier alpha value is -1.66. The smallest absolute Gasteiger partial charge is 0.335 e. The lowest BCUT2D eigenvalue weighted by Crippen LogP contribution is -2.26. The second kappa shape index (κ2) is 4.91. The Morgan fingerprint density at radius 3 is 2.61 bits per heavy atom. The first-order valence-electron chi connectivity index (χ1n) is 5.36. The van der Waals surface area contributed by atoms with Crippen LogP contribution in [0.1, 0.15) is 16.8 Å². The van der Waals surface area contributed by atoms with Crippen LogP contribution < -0.4 is 0 Å². The molecule has 0 spiro atoms. The van der Waals surface area contributed by atoms with Crippen molar-refractivity contribution < 1.29 is 14.8 Å². The zero-order valence-electron chi connectivity index (χ0n) is 9.32. The number of benzene rings is 1. The van der Waals surface area contributed by atoms with Gasteiger partial charge in [-0.05, 0) is 12.5 Å². The van der Waals surface area contributed by atoms with Crippen LogP contribution in [0, 0.1) is 10.1 Å². The van der Waals surface area contributed by atoms with E-state index in [4.69, 9.17) is 16.7 Å². The number of halogens is 1. The summed E-state index contributed by atoms with van der Waals surface area (Å²) < 4.78 is 0. The standard InChI is InChI=1S/C7H5NO4.C4H6ClN/c9-7(10)5-2-1-3-6(4-5)8(11)12;5-4-1-3-2-6(3)4/h1-4H,(H,9,10);3-4H,1-2H2. The van der Waals surface area contributed by atoms with Crippen LogP contribution in [0.5, 0.6) is 0 Å². The molecule has 96 valence electrons. The van der Waals surface area contributed by atoms with Gasteiger partial charge in [-0.15, -0.1) is 11.6 Å². The average molecular weight is 271 g/mol. The van der Waals surface area contributed by atoms with E-state index >= 15 is 0 Å². The molecule has 3 atom stereocenters. The Morgan fingerprint density at radius 1 is 1.56 bits per heavy atom. The SMILES string of the molecule is ClC1CC2CN12.O=C(O)c1cccc([N+](=O)[O-])c1. The Bertz CT molecular complexity index is 464. The normalized spacial score (nSPS) is 27.1. The fraction of sp³-hybridized carbons (Fsp3) is 0.364. The van der Waals surface area contributed by atoms with Crippen LogP contribution in [-0.2, 0) is 0 Å². The number of rotatable bonds is 2. The second-order valence-corrected chi connectivity index (χ2v) is 4.64. The molecule has 6 nitrogen and oxygen atoms in total. The average Bonchev–Trinajstić information content (AvgIpc) is 3.01. The Labute approximate surface area is 108 Å². The molecule has 0 amide bonds. The van der Waals surface area contributed by atoms with Gasteiger partial charge >= 0.3 is 5.97 Å². The number of nitrogens with zero attached hydrogens (tertiary/aromatic N) is 2. The number of fused-ring (bicyclic) bond motifs is 1. The fourth-order valence-corrected chi connectivity index (χ4v) is 2.17.